The first-order chi connectivity index (χ1) is 5.83. The van der Waals surface area contributed by atoms with Gasteiger partial charge >= 0.3 is 0 Å². The molecule has 0 aromatic heterocycles. The maximum absolute atomic E-state index is 11.1. The van der Waals surface area contributed by atoms with Crippen LogP contribution in [0, 0.1) is 0 Å². The molecule has 0 aromatic rings. The summed E-state index contributed by atoms with van der Waals surface area (Å²) in [6.45, 7) is 1.94. The Hall–Kier alpha value is -0.610. The van der Waals surface area contributed by atoms with Gasteiger partial charge in [-0.25, -0.2) is 0 Å². The van der Waals surface area contributed by atoms with E-state index in [1.165, 1.54) is 0 Å². The summed E-state index contributed by atoms with van der Waals surface area (Å²) in [5.74, 6) is 0.0596. The summed E-state index contributed by atoms with van der Waals surface area (Å²) in [6.07, 6.45) is 2.28. The van der Waals surface area contributed by atoms with Crippen molar-refractivity contribution in [3.63, 3.8) is 0 Å². The standard InChI is InChI=1S/C8H16N2O2/c9-4-1-8(11)10-7-2-5-12-6-3-7/h7H,1-6,9H2,(H,10,11). The van der Waals surface area contributed by atoms with Gasteiger partial charge in [0.15, 0.2) is 0 Å². The van der Waals surface area contributed by atoms with E-state index in [0.717, 1.165) is 26.1 Å². The minimum Gasteiger partial charge on any atom is -0.381 e. The predicted molar refractivity (Wildman–Crippen MR) is 45.7 cm³/mol. The second kappa shape index (κ2) is 5.11. The van der Waals surface area contributed by atoms with Crippen LogP contribution in [0.25, 0.3) is 0 Å². The maximum atomic E-state index is 11.1. The molecule has 0 aromatic carbocycles. The molecule has 0 bridgehead atoms. The molecule has 1 heterocycles. The highest BCUT2D eigenvalue weighted by Crippen LogP contribution is 2.05. The molecule has 1 saturated heterocycles. The fraction of sp³-hybridized carbons (Fsp3) is 0.875. The number of nitrogens with two attached hydrogens (primary N) is 1. The first kappa shape index (κ1) is 9.48. The molecule has 0 spiro atoms. The zero-order valence-electron chi connectivity index (χ0n) is 7.21. The average Bonchev–Trinajstić information content (AvgIpc) is 2.06. The Kier molecular flexibility index (Phi) is 4.04. The zero-order valence-corrected chi connectivity index (χ0v) is 7.21. The van der Waals surface area contributed by atoms with Crippen molar-refractivity contribution in [1.82, 2.24) is 5.32 Å². The summed E-state index contributed by atoms with van der Waals surface area (Å²) >= 11 is 0. The summed E-state index contributed by atoms with van der Waals surface area (Å²) in [7, 11) is 0. The van der Waals surface area contributed by atoms with E-state index in [1.807, 2.05) is 0 Å². The third-order valence-corrected chi connectivity index (χ3v) is 1.96. The highest BCUT2D eigenvalue weighted by atomic mass is 16.5. The second-order valence-corrected chi connectivity index (χ2v) is 2.99. The number of carbonyl (C=O) groups excluding carboxylic acids is 1. The predicted octanol–water partition coefficient (Wildman–Crippen LogP) is -0.370. The first-order valence-corrected chi connectivity index (χ1v) is 4.40. The minimum atomic E-state index is 0.0596. The molecule has 1 rings (SSSR count). The number of amides is 1. The van der Waals surface area contributed by atoms with Gasteiger partial charge in [-0.2, -0.15) is 0 Å². The molecule has 0 atom stereocenters. The van der Waals surface area contributed by atoms with Gasteiger partial charge < -0.3 is 15.8 Å². The van der Waals surface area contributed by atoms with Gasteiger partial charge in [0.25, 0.3) is 0 Å². The van der Waals surface area contributed by atoms with E-state index in [1.54, 1.807) is 0 Å². The van der Waals surface area contributed by atoms with Crippen LogP contribution in [0.15, 0.2) is 0 Å². The number of nitrogens with one attached hydrogen (secondary N) is 1. The number of carbonyl (C=O) groups is 1. The summed E-state index contributed by atoms with van der Waals surface area (Å²) in [5.41, 5.74) is 5.25. The average molecular weight is 172 g/mol. The van der Waals surface area contributed by atoms with E-state index in [9.17, 15) is 4.79 Å². The molecule has 12 heavy (non-hydrogen) atoms. The highest BCUT2D eigenvalue weighted by molar-refractivity contribution is 5.76. The van der Waals surface area contributed by atoms with Crippen molar-refractivity contribution in [2.45, 2.75) is 25.3 Å². The fourth-order valence-corrected chi connectivity index (χ4v) is 1.27. The quantitative estimate of drug-likeness (QED) is 0.610. The molecular weight excluding hydrogens is 156 g/mol. The summed E-state index contributed by atoms with van der Waals surface area (Å²) in [6, 6.07) is 0.304. The number of rotatable bonds is 3. The molecule has 1 fully saturated rings. The topological polar surface area (TPSA) is 64.4 Å². The SMILES string of the molecule is NCCC(=O)NC1CCOCC1. The van der Waals surface area contributed by atoms with Gasteiger partial charge in [0, 0.05) is 32.2 Å². The van der Waals surface area contributed by atoms with E-state index in [4.69, 9.17) is 10.5 Å². The van der Waals surface area contributed by atoms with E-state index in [0.29, 0.717) is 19.0 Å². The van der Waals surface area contributed by atoms with Crippen molar-refractivity contribution < 1.29 is 9.53 Å². The van der Waals surface area contributed by atoms with Crippen LogP contribution in [-0.4, -0.2) is 31.7 Å². The molecule has 1 amide bonds. The van der Waals surface area contributed by atoms with Crippen LogP contribution in [0.3, 0.4) is 0 Å². The van der Waals surface area contributed by atoms with Crippen molar-refractivity contribution >= 4 is 5.91 Å². The van der Waals surface area contributed by atoms with Crippen LogP contribution in [0.4, 0.5) is 0 Å². The normalized spacial score (nSPS) is 19.1. The molecule has 1 aliphatic heterocycles. The van der Waals surface area contributed by atoms with Crippen LogP contribution in [0.1, 0.15) is 19.3 Å². The highest BCUT2D eigenvalue weighted by Gasteiger charge is 2.14. The number of ether oxygens (including phenoxy) is 1. The summed E-state index contributed by atoms with van der Waals surface area (Å²) < 4.78 is 5.17. The van der Waals surface area contributed by atoms with Gasteiger partial charge in [0.05, 0.1) is 0 Å². The first-order valence-electron chi connectivity index (χ1n) is 4.40. The summed E-state index contributed by atoms with van der Waals surface area (Å²) in [5, 5.41) is 2.92. The molecule has 0 unspecified atom stereocenters. The molecule has 0 saturated carbocycles. The van der Waals surface area contributed by atoms with Gasteiger partial charge in [0.1, 0.15) is 0 Å². The molecule has 1 aliphatic rings. The lowest BCUT2D eigenvalue weighted by Gasteiger charge is -2.22. The molecule has 0 radical (unpaired) electrons. The summed E-state index contributed by atoms with van der Waals surface area (Å²) in [4.78, 5) is 11.1. The zero-order chi connectivity index (χ0) is 8.81. The monoisotopic (exact) mass is 172 g/mol. The molecule has 70 valence electrons. The van der Waals surface area contributed by atoms with Gasteiger partial charge in [-0.15, -0.1) is 0 Å². The van der Waals surface area contributed by atoms with E-state index in [-0.39, 0.29) is 5.91 Å². The van der Waals surface area contributed by atoms with Gasteiger partial charge in [-0.05, 0) is 12.8 Å². The Balaban J connectivity index is 2.15. The Morgan fingerprint density at radius 2 is 2.17 bits per heavy atom. The van der Waals surface area contributed by atoms with Crippen LogP contribution in [0.5, 0.6) is 0 Å². The third-order valence-electron chi connectivity index (χ3n) is 1.96. The Labute approximate surface area is 72.5 Å². The van der Waals surface area contributed by atoms with Crippen molar-refractivity contribution in [2.24, 2.45) is 5.73 Å². The largest absolute Gasteiger partial charge is 0.381 e. The maximum Gasteiger partial charge on any atom is 0.221 e. The third kappa shape index (κ3) is 3.19. The van der Waals surface area contributed by atoms with E-state index >= 15 is 0 Å². The lowest BCUT2D eigenvalue weighted by Crippen LogP contribution is -2.39. The minimum absolute atomic E-state index is 0.0596. The van der Waals surface area contributed by atoms with Crippen LogP contribution in [-0.2, 0) is 9.53 Å². The molecule has 4 heteroatoms. The van der Waals surface area contributed by atoms with Crippen molar-refractivity contribution in [2.75, 3.05) is 19.8 Å². The lowest BCUT2D eigenvalue weighted by atomic mass is 10.1. The smallest absolute Gasteiger partial charge is 0.221 e. The van der Waals surface area contributed by atoms with Gasteiger partial charge in [-0.3, -0.25) is 4.79 Å². The van der Waals surface area contributed by atoms with Crippen LogP contribution < -0.4 is 11.1 Å². The molecular formula is C8H16N2O2. The second-order valence-electron chi connectivity index (χ2n) is 2.99. The molecule has 3 N–H and O–H groups in total. The number of hydrogen-bond acceptors (Lipinski definition) is 3. The molecule has 0 aliphatic carbocycles. The fourth-order valence-electron chi connectivity index (χ4n) is 1.27. The van der Waals surface area contributed by atoms with Gasteiger partial charge in [-0.1, -0.05) is 0 Å². The van der Waals surface area contributed by atoms with Gasteiger partial charge in [0.2, 0.25) is 5.91 Å². The molecule has 4 nitrogen and oxygen atoms in total. The lowest BCUT2D eigenvalue weighted by molar-refractivity contribution is -0.122. The van der Waals surface area contributed by atoms with Crippen LogP contribution in [0.2, 0.25) is 0 Å². The van der Waals surface area contributed by atoms with E-state index in [2.05, 4.69) is 5.32 Å². The Morgan fingerprint density at radius 3 is 2.75 bits per heavy atom. The Bertz CT molecular complexity index is 144. The van der Waals surface area contributed by atoms with Crippen LogP contribution >= 0.6 is 0 Å². The van der Waals surface area contributed by atoms with Crippen molar-refractivity contribution in [1.29, 1.82) is 0 Å². The van der Waals surface area contributed by atoms with E-state index < -0.39 is 0 Å². The Morgan fingerprint density at radius 1 is 1.50 bits per heavy atom. The van der Waals surface area contributed by atoms with Crippen molar-refractivity contribution in [3.8, 4) is 0 Å². The number of hydrogen-bond donors (Lipinski definition) is 2. The van der Waals surface area contributed by atoms with Crippen molar-refractivity contribution in [3.05, 3.63) is 0 Å².